The molecule has 0 bridgehead atoms. The summed E-state index contributed by atoms with van der Waals surface area (Å²) in [5.41, 5.74) is -0.382. The smallest absolute Gasteiger partial charge is 0.469 e. The first-order valence-corrected chi connectivity index (χ1v) is 4.75. The Hall–Kier alpha value is -1.67. The fourth-order valence-corrected chi connectivity index (χ4v) is 1.16. The quantitative estimate of drug-likeness (QED) is 0.394. The summed E-state index contributed by atoms with van der Waals surface area (Å²) in [4.78, 5) is 13.8. The van der Waals surface area contributed by atoms with Gasteiger partial charge in [-0.25, -0.2) is 4.98 Å². The number of ether oxygens (including phenoxy) is 1. The Labute approximate surface area is 91.0 Å². The van der Waals surface area contributed by atoms with Crippen LogP contribution in [0.15, 0.2) is 12.3 Å². The fourth-order valence-electron chi connectivity index (χ4n) is 1.16. The van der Waals surface area contributed by atoms with Crippen molar-refractivity contribution in [2.75, 3.05) is 0 Å². The Morgan fingerprint density at radius 3 is 2.75 bits per heavy atom. The van der Waals surface area contributed by atoms with Crippen LogP contribution in [0.2, 0.25) is 0 Å². The molecule has 2 rings (SSSR count). The third-order valence-corrected chi connectivity index (χ3v) is 2.15. The van der Waals surface area contributed by atoms with E-state index in [1.54, 1.807) is 0 Å². The van der Waals surface area contributed by atoms with Crippen molar-refractivity contribution in [2.45, 2.75) is 18.9 Å². The van der Waals surface area contributed by atoms with Gasteiger partial charge in [0.25, 0.3) is 5.88 Å². The molecule has 0 unspecified atom stereocenters. The number of rotatable bonds is 4. The van der Waals surface area contributed by atoms with E-state index >= 15 is 0 Å². The van der Waals surface area contributed by atoms with Crippen molar-refractivity contribution in [1.82, 2.24) is 4.98 Å². The van der Waals surface area contributed by atoms with Gasteiger partial charge in [0.05, 0.1) is 4.92 Å². The number of aromatic nitrogens is 1. The minimum Gasteiger partial charge on any atom is -0.469 e. The molecule has 7 nitrogen and oxygen atoms in total. The number of nitro groups is 1. The van der Waals surface area contributed by atoms with Crippen LogP contribution in [0.25, 0.3) is 0 Å². The van der Waals surface area contributed by atoms with E-state index < -0.39 is 12.0 Å². The standard InChI is InChI=1S/C8H9BN2O5/c12-9(13)5-3-7(11(14)15)8(10-4-5)16-6-1-2-6/h3-4,6,12-13H,1-2H2. The molecule has 1 aromatic heterocycles. The lowest BCUT2D eigenvalue weighted by atomic mass is 9.81. The zero-order chi connectivity index (χ0) is 11.7. The summed E-state index contributed by atoms with van der Waals surface area (Å²) in [5.74, 6) is -0.0723. The average molecular weight is 224 g/mol. The molecule has 1 saturated carbocycles. The molecular formula is C8H9BN2O5. The largest absolute Gasteiger partial charge is 0.490 e. The second-order valence-corrected chi connectivity index (χ2v) is 3.54. The Morgan fingerprint density at radius 2 is 2.25 bits per heavy atom. The van der Waals surface area contributed by atoms with E-state index in [0.717, 1.165) is 25.1 Å². The van der Waals surface area contributed by atoms with Crippen LogP contribution in [0.4, 0.5) is 5.69 Å². The van der Waals surface area contributed by atoms with Crippen molar-refractivity contribution < 1.29 is 19.7 Å². The van der Waals surface area contributed by atoms with Gasteiger partial charge in [-0.3, -0.25) is 10.1 Å². The van der Waals surface area contributed by atoms with Crippen molar-refractivity contribution in [3.8, 4) is 5.88 Å². The Morgan fingerprint density at radius 1 is 1.56 bits per heavy atom. The second-order valence-electron chi connectivity index (χ2n) is 3.54. The van der Waals surface area contributed by atoms with E-state index in [9.17, 15) is 10.1 Å². The highest BCUT2D eigenvalue weighted by Crippen LogP contribution is 2.30. The summed E-state index contributed by atoms with van der Waals surface area (Å²) < 4.78 is 5.24. The molecule has 0 aliphatic heterocycles. The molecule has 0 aromatic carbocycles. The highest BCUT2D eigenvalue weighted by Gasteiger charge is 2.29. The van der Waals surface area contributed by atoms with Crippen LogP contribution in [0, 0.1) is 10.1 Å². The number of hydrogen-bond donors (Lipinski definition) is 2. The van der Waals surface area contributed by atoms with Crippen LogP contribution >= 0.6 is 0 Å². The van der Waals surface area contributed by atoms with E-state index in [4.69, 9.17) is 14.8 Å². The number of nitrogens with zero attached hydrogens (tertiary/aromatic N) is 2. The molecular weight excluding hydrogens is 215 g/mol. The van der Waals surface area contributed by atoms with Crippen molar-refractivity contribution in [1.29, 1.82) is 0 Å². The average Bonchev–Trinajstić information content (AvgIpc) is 3.01. The maximum atomic E-state index is 10.7. The van der Waals surface area contributed by atoms with Crippen molar-refractivity contribution in [2.24, 2.45) is 0 Å². The van der Waals surface area contributed by atoms with E-state index in [1.807, 2.05) is 0 Å². The van der Waals surface area contributed by atoms with Crippen LogP contribution in [0.3, 0.4) is 0 Å². The monoisotopic (exact) mass is 224 g/mol. The fraction of sp³-hybridized carbons (Fsp3) is 0.375. The SMILES string of the molecule is O=[N+]([O-])c1cc(B(O)O)cnc1OC1CC1. The number of hydrogen-bond acceptors (Lipinski definition) is 6. The Bertz CT molecular complexity index is 421. The second kappa shape index (κ2) is 4.07. The van der Waals surface area contributed by atoms with Gasteiger partial charge in [0.1, 0.15) is 6.10 Å². The van der Waals surface area contributed by atoms with Crippen LogP contribution < -0.4 is 10.2 Å². The lowest BCUT2D eigenvalue weighted by Crippen LogP contribution is -2.30. The third kappa shape index (κ3) is 2.29. The lowest BCUT2D eigenvalue weighted by Gasteiger charge is -2.05. The molecule has 16 heavy (non-hydrogen) atoms. The first-order chi connectivity index (χ1) is 7.58. The summed E-state index contributed by atoms with van der Waals surface area (Å²) in [7, 11) is -1.78. The molecule has 1 heterocycles. The van der Waals surface area contributed by atoms with Gasteiger partial charge in [-0.2, -0.15) is 0 Å². The maximum Gasteiger partial charge on any atom is 0.490 e. The summed E-state index contributed by atoms with van der Waals surface area (Å²) >= 11 is 0. The highest BCUT2D eigenvalue weighted by molar-refractivity contribution is 6.58. The topological polar surface area (TPSA) is 106 Å². The molecule has 0 radical (unpaired) electrons. The molecule has 84 valence electrons. The van der Waals surface area contributed by atoms with E-state index in [-0.39, 0.29) is 23.1 Å². The third-order valence-electron chi connectivity index (χ3n) is 2.15. The summed E-state index contributed by atoms with van der Waals surface area (Å²) in [6.07, 6.45) is 2.87. The molecule has 1 aromatic rings. The van der Waals surface area contributed by atoms with Gasteiger partial charge < -0.3 is 14.8 Å². The van der Waals surface area contributed by atoms with Gasteiger partial charge in [0.15, 0.2) is 0 Å². The van der Waals surface area contributed by atoms with Gasteiger partial charge >= 0.3 is 12.8 Å². The first-order valence-electron chi connectivity index (χ1n) is 4.75. The summed E-state index contributed by atoms with van der Waals surface area (Å²) in [6.45, 7) is 0. The van der Waals surface area contributed by atoms with Crippen LogP contribution in [0.1, 0.15) is 12.8 Å². The van der Waals surface area contributed by atoms with Gasteiger partial charge in [-0.15, -0.1) is 0 Å². The molecule has 2 N–H and O–H groups in total. The van der Waals surface area contributed by atoms with Crippen molar-refractivity contribution in [3.05, 3.63) is 22.4 Å². The Balaban J connectivity index is 2.32. The van der Waals surface area contributed by atoms with Gasteiger partial charge in [0.2, 0.25) is 0 Å². The minimum atomic E-state index is -1.78. The predicted octanol–water partition coefficient (Wildman–Crippen LogP) is -0.789. The zero-order valence-electron chi connectivity index (χ0n) is 8.24. The van der Waals surface area contributed by atoms with E-state index in [2.05, 4.69) is 4.98 Å². The molecule has 0 saturated heterocycles. The molecule has 1 aliphatic carbocycles. The molecule has 0 spiro atoms. The van der Waals surface area contributed by atoms with Crippen molar-refractivity contribution in [3.63, 3.8) is 0 Å². The van der Waals surface area contributed by atoms with Gasteiger partial charge in [-0.1, -0.05) is 0 Å². The number of pyridine rings is 1. The van der Waals surface area contributed by atoms with E-state index in [0.29, 0.717) is 0 Å². The molecule has 0 atom stereocenters. The molecule has 8 heteroatoms. The lowest BCUT2D eigenvalue weighted by molar-refractivity contribution is -0.386. The minimum absolute atomic E-state index is 0.00361. The van der Waals surface area contributed by atoms with Crippen LogP contribution in [-0.4, -0.2) is 33.2 Å². The van der Waals surface area contributed by atoms with Crippen LogP contribution in [0.5, 0.6) is 5.88 Å². The predicted molar refractivity (Wildman–Crippen MR) is 54.4 cm³/mol. The van der Waals surface area contributed by atoms with E-state index in [1.165, 1.54) is 0 Å². The normalized spacial score (nSPS) is 14.6. The molecule has 1 aliphatic rings. The van der Waals surface area contributed by atoms with Gasteiger partial charge in [0, 0.05) is 17.7 Å². The maximum absolute atomic E-state index is 10.7. The molecule has 0 amide bonds. The van der Waals surface area contributed by atoms with Crippen molar-refractivity contribution >= 4 is 18.3 Å². The van der Waals surface area contributed by atoms with Crippen LogP contribution in [-0.2, 0) is 0 Å². The first kappa shape index (κ1) is 10.8. The summed E-state index contributed by atoms with van der Waals surface area (Å²) in [5, 5.41) is 28.5. The van der Waals surface area contributed by atoms with Gasteiger partial charge in [-0.05, 0) is 12.8 Å². The Kier molecular flexibility index (Phi) is 2.76. The molecule has 1 fully saturated rings. The zero-order valence-corrected chi connectivity index (χ0v) is 8.24. The summed E-state index contributed by atoms with van der Waals surface area (Å²) in [6, 6.07) is 1.05. The highest BCUT2D eigenvalue weighted by atomic mass is 16.6.